The number of aromatic nitrogens is 1. The van der Waals surface area contributed by atoms with E-state index >= 15 is 0 Å². The van der Waals surface area contributed by atoms with E-state index in [0.717, 1.165) is 24.4 Å². The van der Waals surface area contributed by atoms with Crippen molar-refractivity contribution in [2.75, 3.05) is 0 Å². The number of hydrogen-bond acceptors (Lipinski definition) is 3. The van der Waals surface area contributed by atoms with Crippen LogP contribution in [0, 0.1) is 0 Å². The third-order valence-corrected chi connectivity index (χ3v) is 4.96. The fourth-order valence-electron chi connectivity index (χ4n) is 1.47. The van der Waals surface area contributed by atoms with Gasteiger partial charge in [0.2, 0.25) is 0 Å². The molecule has 5 heteroatoms. The van der Waals surface area contributed by atoms with Crippen molar-refractivity contribution >= 4 is 43.6 Å². The van der Waals surface area contributed by atoms with Crippen LogP contribution in [0.3, 0.4) is 0 Å². The highest BCUT2D eigenvalue weighted by Gasteiger charge is 2.09. The molecule has 2 aromatic rings. The van der Waals surface area contributed by atoms with Crippen molar-refractivity contribution in [2.45, 2.75) is 22.9 Å². The Morgan fingerprint density at radius 3 is 2.61 bits per heavy atom. The van der Waals surface area contributed by atoms with E-state index in [1.807, 2.05) is 30.3 Å². The van der Waals surface area contributed by atoms with Crippen molar-refractivity contribution in [1.82, 2.24) is 4.98 Å². The fourth-order valence-corrected chi connectivity index (χ4v) is 3.64. The molecule has 0 saturated heterocycles. The van der Waals surface area contributed by atoms with Gasteiger partial charge in [0.1, 0.15) is 5.03 Å². The zero-order valence-corrected chi connectivity index (χ0v) is 13.6. The third kappa shape index (κ3) is 3.35. The van der Waals surface area contributed by atoms with Crippen molar-refractivity contribution in [3.8, 4) is 0 Å². The molecule has 2 rings (SSSR count). The van der Waals surface area contributed by atoms with Crippen molar-refractivity contribution in [2.24, 2.45) is 0 Å². The molecule has 0 bridgehead atoms. The van der Waals surface area contributed by atoms with Gasteiger partial charge in [-0.15, -0.1) is 0 Å². The van der Waals surface area contributed by atoms with Gasteiger partial charge < -0.3 is 5.11 Å². The van der Waals surface area contributed by atoms with Gasteiger partial charge in [0, 0.05) is 15.6 Å². The highest BCUT2D eigenvalue weighted by Crippen LogP contribution is 2.34. The van der Waals surface area contributed by atoms with Gasteiger partial charge in [-0.25, -0.2) is 4.98 Å². The summed E-state index contributed by atoms with van der Waals surface area (Å²) in [4.78, 5) is 5.39. The predicted octanol–water partition coefficient (Wildman–Crippen LogP) is 4.81. The monoisotopic (exact) mass is 387 g/mol. The molecule has 0 saturated carbocycles. The molecule has 1 aromatic carbocycles. The first-order valence-electron chi connectivity index (χ1n) is 5.34. The van der Waals surface area contributed by atoms with E-state index in [-0.39, 0.29) is 0 Å². The molecule has 0 aliphatic carbocycles. The van der Waals surface area contributed by atoms with Crippen LogP contribution in [0.15, 0.2) is 55.4 Å². The zero-order chi connectivity index (χ0) is 13.1. The maximum Gasteiger partial charge on any atom is 0.115 e. The van der Waals surface area contributed by atoms with Gasteiger partial charge in [0.25, 0.3) is 0 Å². The van der Waals surface area contributed by atoms with Crippen LogP contribution in [0.4, 0.5) is 0 Å². The van der Waals surface area contributed by atoms with E-state index in [9.17, 15) is 5.11 Å². The topological polar surface area (TPSA) is 33.1 Å². The highest BCUT2D eigenvalue weighted by molar-refractivity contribution is 9.10. The Kier molecular flexibility index (Phi) is 4.84. The van der Waals surface area contributed by atoms with Crippen LogP contribution in [0.5, 0.6) is 0 Å². The first-order chi connectivity index (χ1) is 8.58. The second-order valence-corrected chi connectivity index (χ2v) is 6.52. The molecule has 0 aliphatic rings. The second-order valence-electron chi connectivity index (χ2n) is 3.75. The number of nitrogens with zero attached hydrogens (tertiary/aromatic N) is 1. The summed E-state index contributed by atoms with van der Waals surface area (Å²) in [5.74, 6) is 0. The Morgan fingerprint density at radius 2 is 2.00 bits per heavy atom. The van der Waals surface area contributed by atoms with Crippen LogP contribution in [0.2, 0.25) is 0 Å². The minimum absolute atomic E-state index is 0.472. The van der Waals surface area contributed by atoms with Crippen molar-refractivity contribution in [1.29, 1.82) is 0 Å². The van der Waals surface area contributed by atoms with Crippen LogP contribution < -0.4 is 0 Å². The predicted molar refractivity (Wildman–Crippen MR) is 80.8 cm³/mol. The summed E-state index contributed by atoms with van der Waals surface area (Å²) >= 11 is 8.53. The summed E-state index contributed by atoms with van der Waals surface area (Å²) in [7, 11) is 0. The van der Waals surface area contributed by atoms with Crippen LogP contribution in [0.1, 0.15) is 18.6 Å². The summed E-state index contributed by atoms with van der Waals surface area (Å²) in [6.07, 6.45) is 1.30. The lowest BCUT2D eigenvalue weighted by Crippen LogP contribution is -1.92. The number of aliphatic hydroxyl groups is 1. The molecule has 0 amide bonds. The number of aliphatic hydroxyl groups excluding tert-OH is 1. The van der Waals surface area contributed by atoms with E-state index in [1.165, 1.54) is 0 Å². The molecule has 0 unspecified atom stereocenters. The second kappa shape index (κ2) is 6.19. The lowest BCUT2D eigenvalue weighted by atomic mass is 10.1. The smallest absolute Gasteiger partial charge is 0.115 e. The molecule has 0 radical (unpaired) electrons. The Labute approximate surface area is 127 Å². The molecule has 1 aromatic heterocycles. The van der Waals surface area contributed by atoms with E-state index in [4.69, 9.17) is 0 Å². The lowest BCUT2D eigenvalue weighted by molar-refractivity contribution is 0.198. The Morgan fingerprint density at radius 1 is 1.22 bits per heavy atom. The van der Waals surface area contributed by atoms with Crippen LogP contribution in [-0.4, -0.2) is 10.1 Å². The quantitative estimate of drug-likeness (QED) is 0.818. The molecule has 1 heterocycles. The third-order valence-electron chi connectivity index (χ3n) is 2.36. The summed E-state index contributed by atoms with van der Waals surface area (Å²) in [5.41, 5.74) is 0.888. The first-order valence-corrected chi connectivity index (χ1v) is 7.74. The zero-order valence-electron chi connectivity index (χ0n) is 9.60. The average Bonchev–Trinajstić information content (AvgIpc) is 2.32. The van der Waals surface area contributed by atoms with E-state index in [0.29, 0.717) is 0 Å². The molecule has 0 aliphatic heterocycles. The summed E-state index contributed by atoms with van der Waals surface area (Å²) < 4.78 is 1.89. The lowest BCUT2D eigenvalue weighted by Gasteiger charge is -2.09. The Hall–Kier alpha value is -0.360. The molecule has 0 fully saturated rings. The maximum atomic E-state index is 9.57. The minimum Gasteiger partial charge on any atom is -0.389 e. The highest BCUT2D eigenvalue weighted by atomic mass is 79.9. The number of benzene rings is 1. The molecule has 18 heavy (non-hydrogen) atoms. The molecular weight excluding hydrogens is 378 g/mol. The van der Waals surface area contributed by atoms with E-state index < -0.39 is 6.10 Å². The van der Waals surface area contributed by atoms with Crippen molar-refractivity contribution in [3.05, 3.63) is 51.0 Å². The number of hydrogen-bond donors (Lipinski definition) is 1. The van der Waals surface area contributed by atoms with Crippen LogP contribution in [-0.2, 0) is 0 Å². The average molecular weight is 389 g/mol. The van der Waals surface area contributed by atoms with Crippen molar-refractivity contribution < 1.29 is 5.11 Å². The standard InChI is InChI=1S/C13H11Br2NOS/c1-8(17)10-5-4-9(7-12(10)15)18-13-11(14)3-2-6-16-13/h2-8,17H,1H3/t8-/m0/s1. The van der Waals surface area contributed by atoms with Gasteiger partial charge in [-0.05, 0) is 52.7 Å². The molecule has 1 atom stereocenters. The number of pyridine rings is 1. The van der Waals surface area contributed by atoms with Crippen LogP contribution in [0.25, 0.3) is 0 Å². The van der Waals surface area contributed by atoms with Gasteiger partial charge in [-0.2, -0.15) is 0 Å². The number of halogens is 2. The minimum atomic E-state index is -0.472. The fraction of sp³-hybridized carbons (Fsp3) is 0.154. The normalized spacial score (nSPS) is 12.4. The summed E-state index contributed by atoms with van der Waals surface area (Å²) in [6.45, 7) is 1.75. The Balaban J connectivity index is 2.26. The van der Waals surface area contributed by atoms with E-state index in [2.05, 4.69) is 36.8 Å². The van der Waals surface area contributed by atoms with Gasteiger partial charge in [-0.1, -0.05) is 33.8 Å². The van der Waals surface area contributed by atoms with Gasteiger partial charge in [-0.3, -0.25) is 0 Å². The first kappa shape index (κ1) is 14.1. The summed E-state index contributed by atoms with van der Waals surface area (Å²) in [5, 5.41) is 10.5. The van der Waals surface area contributed by atoms with E-state index in [1.54, 1.807) is 24.9 Å². The maximum absolute atomic E-state index is 9.57. The van der Waals surface area contributed by atoms with Crippen LogP contribution >= 0.6 is 43.6 Å². The molecular formula is C13H11Br2NOS. The Bertz CT molecular complexity index is 560. The SMILES string of the molecule is C[C@H](O)c1ccc(Sc2ncccc2Br)cc1Br. The molecule has 1 N–H and O–H groups in total. The van der Waals surface area contributed by atoms with Gasteiger partial charge >= 0.3 is 0 Å². The molecule has 2 nitrogen and oxygen atoms in total. The summed E-state index contributed by atoms with van der Waals surface area (Å²) in [6, 6.07) is 9.76. The molecule has 0 spiro atoms. The van der Waals surface area contributed by atoms with Crippen molar-refractivity contribution in [3.63, 3.8) is 0 Å². The van der Waals surface area contributed by atoms with Gasteiger partial charge in [0.15, 0.2) is 0 Å². The van der Waals surface area contributed by atoms with Gasteiger partial charge in [0.05, 0.1) is 10.6 Å². The molecule has 94 valence electrons. The largest absolute Gasteiger partial charge is 0.389 e. The number of rotatable bonds is 3.